The van der Waals surface area contributed by atoms with Gasteiger partial charge in [-0.25, -0.2) is 0 Å². The van der Waals surface area contributed by atoms with Crippen LogP contribution in [0.2, 0.25) is 0 Å². The van der Waals surface area contributed by atoms with E-state index in [4.69, 9.17) is 5.73 Å². The summed E-state index contributed by atoms with van der Waals surface area (Å²) in [5.41, 5.74) is 8.58. The lowest BCUT2D eigenvalue weighted by molar-refractivity contribution is 0.102. The Kier molecular flexibility index (Phi) is 3.05. The molecule has 0 radical (unpaired) electrons. The quantitative estimate of drug-likeness (QED) is 0.773. The number of carbonyl (C=O) groups excluding carboxylic acids is 1. The maximum atomic E-state index is 11.9. The second kappa shape index (κ2) is 4.65. The molecule has 0 aliphatic rings. The lowest BCUT2D eigenvalue weighted by Gasteiger charge is -2.08. The highest BCUT2D eigenvalue weighted by Gasteiger charge is 2.07. The van der Waals surface area contributed by atoms with E-state index in [1.165, 1.54) is 0 Å². The van der Waals surface area contributed by atoms with Crippen LogP contribution in [0.25, 0.3) is 0 Å². The van der Waals surface area contributed by atoms with Crippen molar-refractivity contribution in [3.8, 4) is 0 Å². The summed E-state index contributed by atoms with van der Waals surface area (Å²) in [4.78, 5) is 15.8. The first-order valence-electron chi connectivity index (χ1n) is 5.24. The van der Waals surface area contributed by atoms with Crippen LogP contribution in [0.1, 0.15) is 15.9 Å². The molecule has 1 aromatic carbocycles. The van der Waals surface area contributed by atoms with Crippen LogP contribution in [0.3, 0.4) is 0 Å². The van der Waals surface area contributed by atoms with E-state index >= 15 is 0 Å². The number of benzene rings is 1. The molecule has 3 N–H and O–H groups in total. The second-order valence-corrected chi connectivity index (χ2v) is 3.76. The Balaban J connectivity index is 2.22. The highest BCUT2D eigenvalue weighted by Crippen LogP contribution is 2.18. The van der Waals surface area contributed by atoms with Gasteiger partial charge in [0, 0.05) is 29.3 Å². The molecule has 2 rings (SSSR count). The Labute approximate surface area is 99.5 Å². The molecule has 1 aromatic heterocycles. The topological polar surface area (TPSA) is 68.0 Å². The van der Waals surface area contributed by atoms with E-state index in [9.17, 15) is 4.79 Å². The highest BCUT2D eigenvalue weighted by atomic mass is 16.1. The zero-order valence-corrected chi connectivity index (χ0v) is 9.47. The summed E-state index contributed by atoms with van der Waals surface area (Å²) >= 11 is 0. The number of rotatable bonds is 2. The number of carbonyl (C=O) groups is 1. The summed E-state index contributed by atoms with van der Waals surface area (Å²) in [6, 6.07) is 8.75. The number of nitrogens with one attached hydrogen (secondary N) is 1. The van der Waals surface area contributed by atoms with Crippen LogP contribution in [0.4, 0.5) is 11.4 Å². The number of pyridine rings is 1. The number of nitrogens with two attached hydrogens (primary N) is 1. The van der Waals surface area contributed by atoms with E-state index in [0.717, 1.165) is 11.3 Å². The number of nitrogens with zero attached hydrogens (tertiary/aromatic N) is 1. The highest BCUT2D eigenvalue weighted by molar-refractivity contribution is 6.04. The summed E-state index contributed by atoms with van der Waals surface area (Å²) < 4.78 is 0. The van der Waals surface area contributed by atoms with E-state index in [-0.39, 0.29) is 5.91 Å². The second-order valence-electron chi connectivity index (χ2n) is 3.76. The molecule has 0 aliphatic carbocycles. The Morgan fingerprint density at radius 1 is 1.24 bits per heavy atom. The average Bonchev–Trinajstić information content (AvgIpc) is 2.35. The van der Waals surface area contributed by atoms with E-state index < -0.39 is 0 Å². The molecular weight excluding hydrogens is 214 g/mol. The molecule has 0 atom stereocenters. The maximum absolute atomic E-state index is 11.9. The van der Waals surface area contributed by atoms with Crippen molar-refractivity contribution in [3.05, 3.63) is 53.9 Å². The minimum atomic E-state index is -0.166. The third kappa shape index (κ3) is 2.60. The van der Waals surface area contributed by atoms with Gasteiger partial charge in [0.1, 0.15) is 0 Å². The third-order valence-electron chi connectivity index (χ3n) is 2.45. The van der Waals surface area contributed by atoms with Crippen LogP contribution in [-0.4, -0.2) is 10.9 Å². The standard InChI is InChI=1S/C13H13N3O/c1-9-2-3-11(14)8-12(9)16-13(17)10-4-6-15-7-5-10/h2-8H,14H2,1H3,(H,16,17). The Bertz CT molecular complexity index is 538. The van der Waals surface area contributed by atoms with Crippen LogP contribution in [0.15, 0.2) is 42.7 Å². The van der Waals surface area contributed by atoms with Crippen LogP contribution in [0, 0.1) is 6.92 Å². The number of amides is 1. The molecule has 0 fully saturated rings. The minimum absolute atomic E-state index is 0.166. The van der Waals surface area contributed by atoms with Crippen molar-refractivity contribution in [2.24, 2.45) is 0 Å². The zero-order valence-electron chi connectivity index (χ0n) is 9.47. The number of aromatic nitrogens is 1. The van der Waals surface area contributed by atoms with Crippen molar-refractivity contribution < 1.29 is 4.79 Å². The summed E-state index contributed by atoms with van der Waals surface area (Å²) in [6.07, 6.45) is 3.17. The third-order valence-corrected chi connectivity index (χ3v) is 2.45. The predicted molar refractivity (Wildman–Crippen MR) is 67.8 cm³/mol. The molecule has 0 saturated carbocycles. The summed E-state index contributed by atoms with van der Waals surface area (Å²) in [5, 5.41) is 2.82. The lowest BCUT2D eigenvalue weighted by atomic mass is 10.1. The molecule has 0 unspecified atom stereocenters. The van der Waals surface area contributed by atoms with Crippen molar-refractivity contribution in [1.29, 1.82) is 0 Å². The fourth-order valence-electron chi connectivity index (χ4n) is 1.47. The van der Waals surface area contributed by atoms with Gasteiger partial charge >= 0.3 is 0 Å². The van der Waals surface area contributed by atoms with Gasteiger partial charge in [-0.1, -0.05) is 6.07 Å². The van der Waals surface area contributed by atoms with E-state index in [1.54, 1.807) is 36.7 Å². The van der Waals surface area contributed by atoms with Crippen LogP contribution in [0.5, 0.6) is 0 Å². The molecule has 0 spiro atoms. The molecule has 4 nitrogen and oxygen atoms in total. The number of hydrogen-bond donors (Lipinski definition) is 2. The SMILES string of the molecule is Cc1ccc(N)cc1NC(=O)c1ccncc1. The number of hydrogen-bond acceptors (Lipinski definition) is 3. The monoisotopic (exact) mass is 227 g/mol. The molecule has 0 saturated heterocycles. The van der Waals surface area contributed by atoms with E-state index in [1.807, 2.05) is 13.0 Å². The first-order valence-corrected chi connectivity index (χ1v) is 5.24. The van der Waals surface area contributed by atoms with Gasteiger partial charge in [0.05, 0.1) is 0 Å². The molecule has 4 heteroatoms. The average molecular weight is 227 g/mol. The predicted octanol–water partition coefficient (Wildman–Crippen LogP) is 2.22. The van der Waals surface area contributed by atoms with Crippen LogP contribution in [-0.2, 0) is 0 Å². The first-order chi connectivity index (χ1) is 8.16. The number of nitrogen functional groups attached to an aromatic ring is 1. The Morgan fingerprint density at radius 2 is 1.94 bits per heavy atom. The van der Waals surface area contributed by atoms with Crippen LogP contribution < -0.4 is 11.1 Å². The lowest BCUT2D eigenvalue weighted by Crippen LogP contribution is -2.12. The fourth-order valence-corrected chi connectivity index (χ4v) is 1.47. The molecule has 17 heavy (non-hydrogen) atoms. The number of anilines is 2. The molecule has 0 aliphatic heterocycles. The van der Waals surface area contributed by atoms with Gasteiger partial charge in [0.15, 0.2) is 0 Å². The van der Waals surface area contributed by atoms with Gasteiger partial charge in [-0.15, -0.1) is 0 Å². The van der Waals surface area contributed by atoms with E-state index in [2.05, 4.69) is 10.3 Å². The van der Waals surface area contributed by atoms with Crippen molar-refractivity contribution in [3.63, 3.8) is 0 Å². The zero-order chi connectivity index (χ0) is 12.3. The van der Waals surface area contributed by atoms with Crippen molar-refractivity contribution in [2.75, 3.05) is 11.1 Å². The van der Waals surface area contributed by atoms with Gasteiger partial charge in [-0.2, -0.15) is 0 Å². The molecule has 1 heterocycles. The summed E-state index contributed by atoms with van der Waals surface area (Å²) in [7, 11) is 0. The smallest absolute Gasteiger partial charge is 0.255 e. The largest absolute Gasteiger partial charge is 0.399 e. The molecule has 86 valence electrons. The fraction of sp³-hybridized carbons (Fsp3) is 0.0769. The Morgan fingerprint density at radius 3 is 2.65 bits per heavy atom. The van der Waals surface area contributed by atoms with Crippen molar-refractivity contribution in [1.82, 2.24) is 4.98 Å². The van der Waals surface area contributed by atoms with Gasteiger partial charge in [0.2, 0.25) is 0 Å². The maximum Gasteiger partial charge on any atom is 0.255 e. The van der Waals surface area contributed by atoms with Crippen molar-refractivity contribution >= 4 is 17.3 Å². The number of aryl methyl sites for hydroxylation is 1. The van der Waals surface area contributed by atoms with Gasteiger partial charge in [-0.3, -0.25) is 9.78 Å². The van der Waals surface area contributed by atoms with Crippen molar-refractivity contribution in [2.45, 2.75) is 6.92 Å². The molecule has 2 aromatic rings. The first kappa shape index (κ1) is 11.1. The van der Waals surface area contributed by atoms with Crippen LogP contribution >= 0.6 is 0 Å². The molecular formula is C13H13N3O. The van der Waals surface area contributed by atoms with E-state index in [0.29, 0.717) is 11.3 Å². The van der Waals surface area contributed by atoms with Gasteiger partial charge < -0.3 is 11.1 Å². The van der Waals surface area contributed by atoms with Gasteiger partial charge in [-0.05, 0) is 36.8 Å². The Hall–Kier alpha value is -2.36. The summed E-state index contributed by atoms with van der Waals surface area (Å²) in [5.74, 6) is -0.166. The molecule has 0 bridgehead atoms. The normalized spacial score (nSPS) is 9.94. The minimum Gasteiger partial charge on any atom is -0.399 e. The van der Waals surface area contributed by atoms with Gasteiger partial charge in [0.25, 0.3) is 5.91 Å². The summed E-state index contributed by atoms with van der Waals surface area (Å²) in [6.45, 7) is 1.92. The molecule has 1 amide bonds.